The van der Waals surface area contributed by atoms with Gasteiger partial charge < -0.3 is 4.90 Å². The summed E-state index contributed by atoms with van der Waals surface area (Å²) in [6, 6.07) is 8.27. The van der Waals surface area contributed by atoms with Gasteiger partial charge in [-0.2, -0.15) is 0 Å². The molecule has 1 atom stereocenters. The number of benzene rings is 2. The lowest BCUT2D eigenvalue weighted by molar-refractivity contribution is -0.122. The van der Waals surface area contributed by atoms with Crippen LogP contribution in [0.4, 0.5) is 16.2 Å². The van der Waals surface area contributed by atoms with Gasteiger partial charge in [0.25, 0.3) is 11.8 Å². The van der Waals surface area contributed by atoms with Crippen molar-refractivity contribution in [3.05, 3.63) is 62.6 Å². The second-order valence-corrected chi connectivity index (χ2v) is 11.0. The maximum atomic E-state index is 13.4. The minimum Gasteiger partial charge on any atom is -0.364 e. The van der Waals surface area contributed by atoms with E-state index < -0.39 is 17.8 Å². The van der Waals surface area contributed by atoms with E-state index in [2.05, 4.69) is 57.0 Å². The third-order valence-electron chi connectivity index (χ3n) is 6.75. The first-order valence-corrected chi connectivity index (χ1v) is 12.4. The predicted octanol–water partition coefficient (Wildman–Crippen LogP) is 6.47. The topological polar surface area (TPSA) is 69.7 Å². The number of halogens is 2. The van der Waals surface area contributed by atoms with Crippen molar-refractivity contribution in [2.45, 2.75) is 65.5 Å². The number of imide groups is 2. The second-order valence-electron chi connectivity index (χ2n) is 10.2. The molecular weight excluding hydrogens is 485 g/mol. The summed E-state index contributed by atoms with van der Waals surface area (Å²) in [6.07, 6.45) is 2.53. The van der Waals surface area contributed by atoms with Crippen molar-refractivity contribution >= 4 is 58.5 Å². The van der Waals surface area contributed by atoms with Crippen LogP contribution >= 0.6 is 23.2 Å². The molecule has 2 heterocycles. The highest BCUT2D eigenvalue weighted by atomic mass is 35.5. The van der Waals surface area contributed by atoms with Gasteiger partial charge >= 0.3 is 6.03 Å². The van der Waals surface area contributed by atoms with E-state index in [1.807, 2.05) is 6.92 Å². The Morgan fingerprint density at radius 3 is 2.46 bits per heavy atom. The molecule has 2 aromatic rings. The Hall–Kier alpha value is -2.83. The van der Waals surface area contributed by atoms with Crippen LogP contribution in [0.25, 0.3) is 6.08 Å². The number of anilines is 2. The predicted molar refractivity (Wildman–Crippen MR) is 141 cm³/mol. The SMILES string of the molecule is Cc1cc2c(cc1/C=C1\C(=O)NC(=O)N(c3cccc(Cl)c3Cl)C1=O)C(C)CC(C)(C)N2C(C)C. The zero-order valence-electron chi connectivity index (χ0n) is 20.7. The fraction of sp³-hybridized carbons (Fsp3) is 0.370. The number of rotatable bonds is 3. The van der Waals surface area contributed by atoms with Crippen molar-refractivity contribution in [1.82, 2.24) is 5.32 Å². The molecular formula is C27H29Cl2N3O3. The van der Waals surface area contributed by atoms with Crippen LogP contribution in [-0.2, 0) is 9.59 Å². The van der Waals surface area contributed by atoms with E-state index in [1.165, 1.54) is 17.3 Å². The van der Waals surface area contributed by atoms with Crippen LogP contribution in [-0.4, -0.2) is 29.4 Å². The molecule has 8 heteroatoms. The van der Waals surface area contributed by atoms with Gasteiger partial charge in [0, 0.05) is 17.3 Å². The van der Waals surface area contributed by atoms with Crippen molar-refractivity contribution in [3.63, 3.8) is 0 Å². The molecule has 1 saturated heterocycles. The van der Waals surface area contributed by atoms with Gasteiger partial charge in [0.1, 0.15) is 5.57 Å². The number of carbonyl (C=O) groups is 3. The standard InChI is InChI=1S/C27H29Cl2N3O3/c1-14(2)32-22-10-15(3)17(11-18(22)16(4)13-27(32,5)6)12-19-24(33)30-26(35)31(25(19)34)21-9-7-8-20(28)23(21)29/h7-12,14,16H,13H2,1-6H3,(H,30,33,35)/b19-12+. The highest BCUT2D eigenvalue weighted by Gasteiger charge is 2.40. The third kappa shape index (κ3) is 4.34. The summed E-state index contributed by atoms with van der Waals surface area (Å²) in [5, 5.41) is 2.50. The van der Waals surface area contributed by atoms with Crippen LogP contribution in [0.2, 0.25) is 10.0 Å². The van der Waals surface area contributed by atoms with Crippen LogP contribution in [0.1, 0.15) is 63.6 Å². The highest BCUT2D eigenvalue weighted by molar-refractivity contribution is 6.46. The maximum absolute atomic E-state index is 13.4. The Morgan fingerprint density at radius 2 is 1.80 bits per heavy atom. The summed E-state index contributed by atoms with van der Waals surface area (Å²) in [4.78, 5) is 42.0. The molecule has 0 radical (unpaired) electrons. The second kappa shape index (κ2) is 8.99. The number of nitrogens with zero attached hydrogens (tertiary/aromatic N) is 2. The summed E-state index contributed by atoms with van der Waals surface area (Å²) in [6.45, 7) is 13.0. The number of barbiturate groups is 1. The molecule has 4 rings (SSSR count). The number of hydrogen-bond donors (Lipinski definition) is 1. The molecule has 184 valence electrons. The average molecular weight is 514 g/mol. The molecule has 2 aromatic carbocycles. The largest absolute Gasteiger partial charge is 0.364 e. The van der Waals surface area contributed by atoms with Crippen LogP contribution in [0.3, 0.4) is 0 Å². The molecule has 1 N–H and O–H groups in total. The normalized spacial score (nSPS) is 21.0. The van der Waals surface area contributed by atoms with Gasteiger partial charge in [-0.05, 0) is 94.0 Å². The molecule has 0 aliphatic carbocycles. The van der Waals surface area contributed by atoms with Gasteiger partial charge in [0.05, 0.1) is 15.7 Å². The first-order valence-electron chi connectivity index (χ1n) is 11.6. The molecule has 6 nitrogen and oxygen atoms in total. The molecule has 1 unspecified atom stereocenters. The highest BCUT2D eigenvalue weighted by Crippen LogP contribution is 2.45. The summed E-state index contributed by atoms with van der Waals surface area (Å²) >= 11 is 12.4. The molecule has 0 aromatic heterocycles. The van der Waals surface area contributed by atoms with Crippen LogP contribution in [0.15, 0.2) is 35.9 Å². The van der Waals surface area contributed by atoms with E-state index in [1.54, 1.807) is 18.2 Å². The molecule has 35 heavy (non-hydrogen) atoms. The number of nitrogens with one attached hydrogen (secondary N) is 1. The van der Waals surface area contributed by atoms with E-state index in [0.29, 0.717) is 12.0 Å². The number of carbonyl (C=O) groups excluding carboxylic acids is 3. The summed E-state index contributed by atoms with van der Waals surface area (Å²) < 4.78 is 0. The molecule has 0 saturated carbocycles. The minimum absolute atomic E-state index is 0.00329. The number of urea groups is 1. The van der Waals surface area contributed by atoms with Gasteiger partial charge in [0.2, 0.25) is 0 Å². The van der Waals surface area contributed by atoms with E-state index in [9.17, 15) is 14.4 Å². The van der Waals surface area contributed by atoms with Crippen molar-refractivity contribution < 1.29 is 14.4 Å². The van der Waals surface area contributed by atoms with E-state index in [-0.39, 0.29) is 26.8 Å². The van der Waals surface area contributed by atoms with E-state index in [0.717, 1.165) is 22.4 Å². The van der Waals surface area contributed by atoms with Crippen molar-refractivity contribution in [1.29, 1.82) is 0 Å². The molecule has 0 spiro atoms. The number of hydrogen-bond acceptors (Lipinski definition) is 4. The number of fused-ring (bicyclic) bond motifs is 1. The first-order chi connectivity index (χ1) is 16.3. The third-order valence-corrected chi connectivity index (χ3v) is 7.56. The van der Waals surface area contributed by atoms with Crippen LogP contribution in [0, 0.1) is 6.92 Å². The Kier molecular flexibility index (Phi) is 6.49. The molecule has 2 aliphatic rings. The first kappa shape index (κ1) is 25.3. The fourth-order valence-corrected chi connectivity index (χ4v) is 5.82. The summed E-state index contributed by atoms with van der Waals surface area (Å²) in [5.41, 5.74) is 4.00. The van der Waals surface area contributed by atoms with Crippen molar-refractivity contribution in [2.75, 3.05) is 9.80 Å². The summed E-state index contributed by atoms with van der Waals surface area (Å²) in [5.74, 6) is -1.20. The van der Waals surface area contributed by atoms with Gasteiger partial charge in [-0.3, -0.25) is 14.9 Å². The lowest BCUT2D eigenvalue weighted by atomic mass is 9.78. The molecule has 1 fully saturated rings. The number of amides is 4. The van der Waals surface area contributed by atoms with Crippen molar-refractivity contribution in [3.8, 4) is 0 Å². The Bertz CT molecular complexity index is 1280. The molecule has 0 bridgehead atoms. The van der Waals surface area contributed by atoms with Gasteiger partial charge in [-0.1, -0.05) is 36.2 Å². The zero-order valence-corrected chi connectivity index (χ0v) is 22.2. The smallest absolute Gasteiger partial charge is 0.336 e. The molecule has 4 amide bonds. The lowest BCUT2D eigenvalue weighted by Gasteiger charge is -2.50. The minimum atomic E-state index is -0.869. The van der Waals surface area contributed by atoms with Crippen molar-refractivity contribution in [2.24, 2.45) is 0 Å². The van der Waals surface area contributed by atoms with Gasteiger partial charge in [-0.15, -0.1) is 0 Å². The Morgan fingerprint density at radius 1 is 1.11 bits per heavy atom. The Balaban J connectivity index is 1.81. The maximum Gasteiger partial charge on any atom is 0.336 e. The van der Waals surface area contributed by atoms with Crippen LogP contribution in [0.5, 0.6) is 0 Å². The quantitative estimate of drug-likeness (QED) is 0.377. The van der Waals surface area contributed by atoms with Gasteiger partial charge in [-0.25, -0.2) is 9.69 Å². The fourth-order valence-electron chi connectivity index (χ4n) is 5.44. The van der Waals surface area contributed by atoms with E-state index in [4.69, 9.17) is 23.2 Å². The van der Waals surface area contributed by atoms with Gasteiger partial charge in [0.15, 0.2) is 0 Å². The number of aryl methyl sites for hydroxylation is 1. The molecule has 2 aliphatic heterocycles. The Labute approximate surface area is 215 Å². The monoisotopic (exact) mass is 513 g/mol. The lowest BCUT2D eigenvalue weighted by Crippen LogP contribution is -2.54. The van der Waals surface area contributed by atoms with Crippen LogP contribution < -0.4 is 15.1 Å². The summed E-state index contributed by atoms with van der Waals surface area (Å²) in [7, 11) is 0. The van der Waals surface area contributed by atoms with E-state index >= 15 is 0 Å². The zero-order chi connectivity index (χ0) is 25.8. The average Bonchev–Trinajstić information content (AvgIpc) is 2.73.